The van der Waals surface area contributed by atoms with E-state index >= 15 is 0 Å². The minimum atomic E-state index is 0.0535. The summed E-state index contributed by atoms with van der Waals surface area (Å²) in [6.07, 6.45) is 8.83. The second-order valence-electron chi connectivity index (χ2n) is 6.08. The number of amides is 1. The maximum Gasteiger partial charge on any atom is 0.289 e. The van der Waals surface area contributed by atoms with E-state index in [4.69, 9.17) is 10.2 Å². The molecule has 110 valence electrons. The molecule has 1 saturated heterocycles. The van der Waals surface area contributed by atoms with E-state index in [0.29, 0.717) is 30.0 Å². The SMILES string of the molecule is NCc1ccc(C(=O)N2CCCC2C2CCCCC2)o1. The second-order valence-corrected chi connectivity index (χ2v) is 6.08. The zero-order valence-corrected chi connectivity index (χ0v) is 12.0. The lowest BCUT2D eigenvalue weighted by molar-refractivity contribution is 0.0628. The first-order valence-corrected chi connectivity index (χ1v) is 7.89. The lowest BCUT2D eigenvalue weighted by Crippen LogP contribution is -2.40. The van der Waals surface area contributed by atoms with Crippen LogP contribution in [0.1, 0.15) is 61.3 Å². The number of hydrogen-bond donors (Lipinski definition) is 1. The first kappa shape index (κ1) is 13.7. The van der Waals surface area contributed by atoms with Gasteiger partial charge in [0.1, 0.15) is 5.76 Å². The highest BCUT2D eigenvalue weighted by atomic mass is 16.4. The van der Waals surface area contributed by atoms with Crippen molar-refractivity contribution in [2.45, 2.75) is 57.5 Å². The topological polar surface area (TPSA) is 59.5 Å². The molecule has 20 heavy (non-hydrogen) atoms. The van der Waals surface area contributed by atoms with Crippen molar-refractivity contribution in [1.29, 1.82) is 0 Å². The molecule has 2 N–H and O–H groups in total. The summed E-state index contributed by atoms with van der Waals surface area (Å²) in [7, 11) is 0. The molecule has 0 radical (unpaired) electrons. The van der Waals surface area contributed by atoms with Crippen LogP contribution in [0.15, 0.2) is 16.5 Å². The summed E-state index contributed by atoms with van der Waals surface area (Å²) in [6.45, 7) is 1.22. The Balaban J connectivity index is 1.72. The fourth-order valence-corrected chi connectivity index (χ4v) is 3.80. The van der Waals surface area contributed by atoms with Crippen molar-refractivity contribution < 1.29 is 9.21 Å². The molecule has 3 rings (SSSR count). The van der Waals surface area contributed by atoms with Gasteiger partial charge in [0, 0.05) is 12.6 Å². The molecular weight excluding hydrogens is 252 g/mol. The standard InChI is InChI=1S/C16H24N2O2/c17-11-13-8-9-15(20-13)16(19)18-10-4-7-14(18)12-5-2-1-3-6-12/h8-9,12,14H,1-7,10-11,17H2. The summed E-state index contributed by atoms with van der Waals surface area (Å²) in [5, 5.41) is 0. The van der Waals surface area contributed by atoms with E-state index < -0.39 is 0 Å². The molecule has 0 spiro atoms. The van der Waals surface area contributed by atoms with E-state index in [2.05, 4.69) is 4.90 Å². The van der Waals surface area contributed by atoms with Crippen molar-refractivity contribution in [2.24, 2.45) is 11.7 Å². The van der Waals surface area contributed by atoms with Gasteiger partial charge >= 0.3 is 0 Å². The summed E-state index contributed by atoms with van der Waals surface area (Å²) in [5.74, 6) is 1.88. The Morgan fingerprint density at radius 3 is 2.70 bits per heavy atom. The predicted octanol–water partition coefficient (Wildman–Crippen LogP) is 2.92. The fourth-order valence-electron chi connectivity index (χ4n) is 3.80. The van der Waals surface area contributed by atoms with E-state index in [9.17, 15) is 4.79 Å². The zero-order valence-electron chi connectivity index (χ0n) is 12.0. The van der Waals surface area contributed by atoms with Gasteiger partial charge in [-0.25, -0.2) is 0 Å². The average molecular weight is 276 g/mol. The normalized spacial score (nSPS) is 24.2. The van der Waals surface area contributed by atoms with Gasteiger partial charge in [-0.1, -0.05) is 19.3 Å². The summed E-state index contributed by atoms with van der Waals surface area (Å²) in [4.78, 5) is 14.7. The molecular formula is C16H24N2O2. The largest absolute Gasteiger partial charge is 0.455 e. The Morgan fingerprint density at radius 1 is 1.20 bits per heavy atom. The van der Waals surface area contributed by atoms with Gasteiger partial charge in [-0.2, -0.15) is 0 Å². The molecule has 2 fully saturated rings. The molecule has 4 heteroatoms. The smallest absolute Gasteiger partial charge is 0.289 e. The van der Waals surface area contributed by atoms with E-state index in [1.807, 2.05) is 0 Å². The Labute approximate surface area is 120 Å². The maximum atomic E-state index is 12.6. The Morgan fingerprint density at radius 2 is 2.00 bits per heavy atom. The van der Waals surface area contributed by atoms with Crippen molar-refractivity contribution in [1.82, 2.24) is 4.90 Å². The Hall–Kier alpha value is -1.29. The molecule has 4 nitrogen and oxygen atoms in total. The van der Waals surface area contributed by atoms with Crippen LogP contribution in [0.4, 0.5) is 0 Å². The van der Waals surface area contributed by atoms with Crippen molar-refractivity contribution in [3.63, 3.8) is 0 Å². The number of likely N-dealkylation sites (tertiary alicyclic amines) is 1. The highest BCUT2D eigenvalue weighted by Gasteiger charge is 2.36. The minimum Gasteiger partial charge on any atom is -0.455 e. The van der Waals surface area contributed by atoms with E-state index in [0.717, 1.165) is 19.4 Å². The van der Waals surface area contributed by atoms with Crippen LogP contribution >= 0.6 is 0 Å². The van der Waals surface area contributed by atoms with Crippen LogP contribution in [-0.4, -0.2) is 23.4 Å². The molecule has 1 saturated carbocycles. The highest BCUT2D eigenvalue weighted by molar-refractivity contribution is 5.92. The molecule has 1 aromatic heterocycles. The van der Waals surface area contributed by atoms with Crippen LogP contribution in [0, 0.1) is 5.92 Å². The lowest BCUT2D eigenvalue weighted by Gasteiger charge is -2.33. The second kappa shape index (κ2) is 6.00. The molecule has 0 aromatic carbocycles. The van der Waals surface area contributed by atoms with Gasteiger partial charge in [0.05, 0.1) is 6.54 Å². The Kier molecular flexibility index (Phi) is 4.10. The first-order valence-electron chi connectivity index (χ1n) is 7.89. The van der Waals surface area contributed by atoms with Crippen molar-refractivity contribution in [2.75, 3.05) is 6.54 Å². The zero-order chi connectivity index (χ0) is 13.9. The molecule has 0 bridgehead atoms. The molecule has 1 aromatic rings. The molecule has 1 aliphatic heterocycles. The summed E-state index contributed by atoms with van der Waals surface area (Å²) < 4.78 is 5.53. The Bertz CT molecular complexity index is 463. The quantitative estimate of drug-likeness (QED) is 0.923. The van der Waals surface area contributed by atoms with Crippen LogP contribution in [0.3, 0.4) is 0 Å². The molecule has 1 amide bonds. The molecule has 1 unspecified atom stereocenters. The number of hydrogen-bond acceptors (Lipinski definition) is 3. The van der Waals surface area contributed by atoms with Gasteiger partial charge in [-0.3, -0.25) is 4.79 Å². The third-order valence-corrected chi connectivity index (χ3v) is 4.83. The highest BCUT2D eigenvalue weighted by Crippen LogP contribution is 2.35. The third kappa shape index (κ3) is 2.62. The number of carbonyl (C=O) groups excluding carboxylic acids is 1. The summed E-state index contributed by atoms with van der Waals surface area (Å²) in [6, 6.07) is 3.99. The van der Waals surface area contributed by atoms with Gasteiger partial charge in [0.15, 0.2) is 5.76 Å². The number of nitrogens with two attached hydrogens (primary N) is 1. The number of carbonyl (C=O) groups is 1. The van der Waals surface area contributed by atoms with Gasteiger partial charge in [-0.15, -0.1) is 0 Å². The molecule has 1 atom stereocenters. The van der Waals surface area contributed by atoms with E-state index in [1.54, 1.807) is 12.1 Å². The maximum absolute atomic E-state index is 12.6. The van der Waals surface area contributed by atoms with Crippen LogP contribution in [0.2, 0.25) is 0 Å². The van der Waals surface area contributed by atoms with Gasteiger partial charge in [-0.05, 0) is 43.7 Å². The summed E-state index contributed by atoms with van der Waals surface area (Å²) >= 11 is 0. The number of nitrogens with zero attached hydrogens (tertiary/aromatic N) is 1. The van der Waals surface area contributed by atoms with Crippen LogP contribution in [-0.2, 0) is 6.54 Å². The van der Waals surface area contributed by atoms with Crippen molar-refractivity contribution in [3.8, 4) is 0 Å². The fraction of sp³-hybridized carbons (Fsp3) is 0.688. The minimum absolute atomic E-state index is 0.0535. The monoisotopic (exact) mass is 276 g/mol. The predicted molar refractivity (Wildman–Crippen MR) is 77.2 cm³/mol. The first-order chi connectivity index (χ1) is 9.79. The summed E-state index contributed by atoms with van der Waals surface area (Å²) in [5.41, 5.74) is 5.54. The molecule has 1 aliphatic carbocycles. The van der Waals surface area contributed by atoms with E-state index in [-0.39, 0.29) is 5.91 Å². The van der Waals surface area contributed by atoms with Gasteiger partial charge in [0.25, 0.3) is 5.91 Å². The van der Waals surface area contributed by atoms with Crippen molar-refractivity contribution >= 4 is 5.91 Å². The molecule has 2 aliphatic rings. The number of rotatable bonds is 3. The van der Waals surface area contributed by atoms with Gasteiger partial charge in [0.2, 0.25) is 0 Å². The van der Waals surface area contributed by atoms with Crippen LogP contribution < -0.4 is 5.73 Å². The van der Waals surface area contributed by atoms with Crippen LogP contribution in [0.5, 0.6) is 0 Å². The van der Waals surface area contributed by atoms with Crippen LogP contribution in [0.25, 0.3) is 0 Å². The third-order valence-electron chi connectivity index (χ3n) is 4.83. The lowest BCUT2D eigenvalue weighted by atomic mass is 9.83. The van der Waals surface area contributed by atoms with Gasteiger partial charge < -0.3 is 15.1 Å². The van der Waals surface area contributed by atoms with E-state index in [1.165, 1.54) is 32.1 Å². The number of furan rings is 1. The molecule has 2 heterocycles. The average Bonchev–Trinajstić information content (AvgIpc) is 3.16. The van der Waals surface area contributed by atoms with Crippen molar-refractivity contribution in [3.05, 3.63) is 23.7 Å².